The predicted molar refractivity (Wildman–Crippen MR) is 151 cm³/mol. The van der Waals surface area contributed by atoms with Crippen molar-refractivity contribution in [2.45, 2.75) is 90.6 Å². The Morgan fingerprint density at radius 2 is 1.12 bits per heavy atom. The average molecular weight is 623 g/mol. The van der Waals surface area contributed by atoms with Crippen LogP contribution in [0.5, 0.6) is 0 Å². The van der Waals surface area contributed by atoms with Crippen molar-refractivity contribution in [1.29, 1.82) is 0 Å². The number of phosphoric ester groups is 1. The second-order valence-corrected chi connectivity index (χ2v) is 9.41. The van der Waals surface area contributed by atoms with Crippen molar-refractivity contribution in [3.63, 3.8) is 0 Å². The first-order chi connectivity index (χ1) is 19.8. The molecular weight excluding hydrogens is 589 g/mol. The summed E-state index contributed by atoms with van der Waals surface area (Å²) in [4.78, 5) is 45.5. The van der Waals surface area contributed by atoms with E-state index < -0.39 is 39.1 Å². The molecular formula is C32H33Na2O8P. The van der Waals surface area contributed by atoms with Crippen LogP contribution in [0.1, 0.15) is 84.5 Å². The number of esters is 2. The third kappa shape index (κ3) is 36.1. The topological polar surface area (TPSA) is 125 Å². The molecule has 0 amide bonds. The Morgan fingerprint density at radius 3 is 1.58 bits per heavy atom. The maximum atomic E-state index is 12.1. The standard InChI is InChI=1S/C32H35O8P.2Na/c1-3-5-7-9-11-13-15-16-17-19-20-22-24-26-31(33)38-28-30(29-39-41(35,36)37)40-32(34)27-25-23-21-18-14-12-10-8-6-4-2;;/h30H,4,6,8,10,12,14,18,21,23,25,27-29H2,1-2H3,(H2,35,36,37);;/q;2*+1/p-2/t30-;;/m0../s1. The Labute approximate surface area is 301 Å². The summed E-state index contributed by atoms with van der Waals surface area (Å²) in [6, 6.07) is 0. The third-order valence-corrected chi connectivity index (χ3v) is 5.29. The van der Waals surface area contributed by atoms with Gasteiger partial charge in [-0.1, -0.05) is 70.6 Å². The van der Waals surface area contributed by atoms with Crippen LogP contribution in [0, 0.1) is 82.9 Å². The van der Waals surface area contributed by atoms with Crippen LogP contribution < -0.4 is 68.9 Å². The summed E-state index contributed by atoms with van der Waals surface area (Å²) >= 11 is 0. The fourth-order valence-electron chi connectivity index (χ4n) is 2.95. The van der Waals surface area contributed by atoms with Crippen LogP contribution in [0.4, 0.5) is 0 Å². The molecule has 0 aliphatic heterocycles. The number of carbonyl (C=O) groups excluding carboxylic acids is 2. The molecule has 0 heterocycles. The molecule has 0 aliphatic rings. The van der Waals surface area contributed by atoms with Gasteiger partial charge in [-0.3, -0.25) is 4.79 Å². The van der Waals surface area contributed by atoms with Gasteiger partial charge in [0.05, 0.1) is 14.4 Å². The second kappa shape index (κ2) is 32.9. The number of hydrogen-bond donors (Lipinski definition) is 0. The number of carbonyl (C=O) groups is 2. The zero-order valence-corrected chi connectivity index (χ0v) is 30.4. The molecule has 1 atom stereocenters. The van der Waals surface area contributed by atoms with Gasteiger partial charge in [-0.15, -0.1) is 0 Å². The Morgan fingerprint density at radius 1 is 0.674 bits per heavy atom. The smallest absolute Gasteiger partial charge is 0.790 e. The number of ether oxygens (including phenoxy) is 2. The van der Waals surface area contributed by atoms with E-state index in [1.165, 1.54) is 38.5 Å². The monoisotopic (exact) mass is 622 g/mol. The van der Waals surface area contributed by atoms with Crippen molar-refractivity contribution in [2.24, 2.45) is 0 Å². The molecule has 0 aromatic rings. The van der Waals surface area contributed by atoms with Gasteiger partial charge >= 0.3 is 71.1 Å². The summed E-state index contributed by atoms with van der Waals surface area (Å²) in [5.41, 5.74) is 0. The van der Waals surface area contributed by atoms with Crippen LogP contribution in [0.3, 0.4) is 0 Å². The first kappa shape index (κ1) is 45.4. The van der Waals surface area contributed by atoms with Crippen molar-refractivity contribution in [1.82, 2.24) is 0 Å². The molecule has 0 aromatic carbocycles. The minimum atomic E-state index is -5.32. The predicted octanol–water partition coefficient (Wildman–Crippen LogP) is -3.35. The van der Waals surface area contributed by atoms with E-state index in [-0.39, 0.29) is 65.5 Å². The van der Waals surface area contributed by atoms with E-state index in [9.17, 15) is 23.9 Å². The number of hydrogen-bond acceptors (Lipinski definition) is 8. The van der Waals surface area contributed by atoms with E-state index in [0.29, 0.717) is 6.42 Å². The number of rotatable bonds is 17. The zero-order valence-electron chi connectivity index (χ0n) is 25.5. The minimum absolute atomic E-state index is 0. The fourth-order valence-corrected chi connectivity index (χ4v) is 3.30. The normalized spacial score (nSPS) is 9.21. The summed E-state index contributed by atoms with van der Waals surface area (Å²) in [7, 11) is -5.32. The van der Waals surface area contributed by atoms with E-state index in [1.54, 1.807) is 6.92 Å². The van der Waals surface area contributed by atoms with Gasteiger partial charge in [-0.25, -0.2) is 4.79 Å². The van der Waals surface area contributed by atoms with Gasteiger partial charge in [0.25, 0.3) is 0 Å². The Balaban J connectivity index is -0.00000800. The summed E-state index contributed by atoms with van der Waals surface area (Å²) in [5, 5.41) is 0. The van der Waals surface area contributed by atoms with Gasteiger partial charge in [0.1, 0.15) is 6.61 Å². The van der Waals surface area contributed by atoms with E-state index in [0.717, 1.165) is 19.3 Å². The quantitative estimate of drug-likeness (QED) is 0.0412. The summed E-state index contributed by atoms with van der Waals surface area (Å²) in [5.74, 6) is 32.0. The van der Waals surface area contributed by atoms with Gasteiger partial charge < -0.3 is 28.3 Å². The fraction of sp³-hybridized carbons (Fsp3) is 0.500. The van der Waals surface area contributed by atoms with E-state index in [2.05, 4.69) is 94.3 Å². The van der Waals surface area contributed by atoms with Crippen LogP contribution in [-0.2, 0) is 28.2 Å². The van der Waals surface area contributed by atoms with Gasteiger partial charge in [0.2, 0.25) is 0 Å². The average Bonchev–Trinajstić information content (AvgIpc) is 2.93. The molecule has 0 radical (unpaired) electrons. The van der Waals surface area contributed by atoms with Gasteiger partial charge in [-0.2, -0.15) is 0 Å². The second-order valence-electron chi connectivity index (χ2n) is 8.26. The van der Waals surface area contributed by atoms with E-state index >= 15 is 0 Å². The van der Waals surface area contributed by atoms with Gasteiger partial charge in [-0.05, 0) is 84.4 Å². The molecule has 216 valence electrons. The maximum Gasteiger partial charge on any atom is 1.00 e. The molecule has 0 fully saturated rings. The van der Waals surface area contributed by atoms with Crippen LogP contribution in [0.25, 0.3) is 0 Å². The van der Waals surface area contributed by atoms with Crippen molar-refractivity contribution >= 4 is 19.8 Å². The molecule has 0 aliphatic carbocycles. The largest absolute Gasteiger partial charge is 1.00 e. The molecule has 43 heavy (non-hydrogen) atoms. The summed E-state index contributed by atoms with van der Waals surface area (Å²) in [6.45, 7) is 2.50. The van der Waals surface area contributed by atoms with Crippen molar-refractivity contribution in [3.8, 4) is 82.9 Å². The van der Waals surface area contributed by atoms with Crippen molar-refractivity contribution in [3.05, 3.63) is 0 Å². The van der Waals surface area contributed by atoms with Crippen LogP contribution in [0.2, 0.25) is 0 Å². The van der Waals surface area contributed by atoms with E-state index in [1.807, 2.05) is 0 Å². The van der Waals surface area contributed by atoms with Crippen molar-refractivity contribution < 1.29 is 97.1 Å². The summed E-state index contributed by atoms with van der Waals surface area (Å²) < 4.78 is 25.0. The number of unbranched alkanes of at least 4 members (excludes halogenated alkanes) is 9. The molecule has 0 rings (SSSR count). The summed E-state index contributed by atoms with van der Waals surface area (Å²) in [6.07, 6.45) is 9.76. The maximum absolute atomic E-state index is 12.1. The molecule has 0 saturated heterocycles. The molecule has 0 N–H and O–H groups in total. The Kier molecular flexibility index (Phi) is 34.7. The van der Waals surface area contributed by atoms with Crippen LogP contribution in [0.15, 0.2) is 0 Å². The van der Waals surface area contributed by atoms with Crippen LogP contribution in [-0.4, -0.2) is 31.3 Å². The van der Waals surface area contributed by atoms with Gasteiger partial charge in [0, 0.05) is 12.3 Å². The molecule has 0 spiro atoms. The van der Waals surface area contributed by atoms with Gasteiger partial charge in [0.15, 0.2) is 6.10 Å². The third-order valence-electron chi connectivity index (χ3n) is 4.83. The first-order valence-corrected chi connectivity index (χ1v) is 14.7. The minimum Gasteiger partial charge on any atom is -0.790 e. The molecule has 0 aromatic heterocycles. The SMILES string of the molecule is CC#CC#CC#CC#CC#CC#CC#CC(=O)OC[C@@H](COP(=O)([O-])[O-])OC(=O)CCCCCCCCCCCC.[Na+].[Na+]. The van der Waals surface area contributed by atoms with Crippen LogP contribution >= 0.6 is 7.82 Å². The molecule has 11 heteroatoms. The molecule has 0 unspecified atom stereocenters. The van der Waals surface area contributed by atoms with E-state index in [4.69, 9.17) is 9.47 Å². The zero-order chi connectivity index (χ0) is 30.4. The number of phosphoric acid groups is 1. The molecule has 0 bridgehead atoms. The molecule has 0 saturated carbocycles. The Bertz CT molecular complexity index is 1320. The molecule has 8 nitrogen and oxygen atoms in total. The first-order valence-electron chi connectivity index (χ1n) is 13.2. The Hall–Kier alpha value is -2.03. The van der Waals surface area contributed by atoms with Crippen molar-refractivity contribution in [2.75, 3.05) is 13.2 Å².